The Morgan fingerprint density at radius 1 is 1.19 bits per heavy atom. The zero-order valence-corrected chi connectivity index (χ0v) is 17.2. The van der Waals surface area contributed by atoms with Gasteiger partial charge < -0.3 is 19.9 Å². The summed E-state index contributed by atoms with van der Waals surface area (Å²) in [5.41, 5.74) is 3.72. The average Bonchev–Trinajstić information content (AvgIpc) is 3.11. The fourth-order valence-electron chi connectivity index (χ4n) is 2.87. The van der Waals surface area contributed by atoms with Crippen LogP contribution in [0.25, 0.3) is 0 Å². The number of guanidine groups is 1. The second kappa shape index (κ2) is 10.5. The van der Waals surface area contributed by atoms with Crippen LogP contribution in [0, 0.1) is 20.8 Å². The van der Waals surface area contributed by atoms with Crippen molar-refractivity contribution in [1.29, 1.82) is 0 Å². The Morgan fingerprint density at radius 2 is 1.96 bits per heavy atom. The zero-order chi connectivity index (χ0) is 19.6. The van der Waals surface area contributed by atoms with E-state index in [0.29, 0.717) is 6.61 Å². The third-order valence-electron chi connectivity index (χ3n) is 4.52. The van der Waals surface area contributed by atoms with Crippen molar-refractivity contribution >= 4 is 5.96 Å². The second-order valence-corrected chi connectivity index (χ2v) is 6.63. The molecule has 0 atom stereocenters. The van der Waals surface area contributed by atoms with Crippen molar-refractivity contribution in [3.05, 3.63) is 41.0 Å². The molecule has 1 aromatic heterocycles. The van der Waals surface area contributed by atoms with Crippen LogP contribution in [-0.4, -0.2) is 47.5 Å². The van der Waals surface area contributed by atoms with E-state index in [9.17, 15) is 0 Å². The van der Waals surface area contributed by atoms with Crippen molar-refractivity contribution in [2.75, 3.05) is 26.7 Å². The van der Waals surface area contributed by atoms with E-state index in [1.807, 2.05) is 0 Å². The number of rotatable bonds is 9. The van der Waals surface area contributed by atoms with Crippen molar-refractivity contribution in [3.63, 3.8) is 0 Å². The van der Waals surface area contributed by atoms with Crippen molar-refractivity contribution < 1.29 is 4.74 Å². The molecule has 27 heavy (non-hydrogen) atoms. The molecule has 0 aliphatic heterocycles. The molecule has 1 heterocycles. The molecule has 0 radical (unpaired) electrons. The van der Waals surface area contributed by atoms with Crippen LogP contribution in [0.3, 0.4) is 0 Å². The summed E-state index contributed by atoms with van der Waals surface area (Å²) in [5, 5.41) is 14.7. The largest absolute Gasteiger partial charge is 0.493 e. The van der Waals surface area contributed by atoms with Crippen molar-refractivity contribution in [2.45, 2.75) is 47.1 Å². The van der Waals surface area contributed by atoms with E-state index in [-0.39, 0.29) is 0 Å². The van der Waals surface area contributed by atoms with Gasteiger partial charge in [-0.25, -0.2) is 0 Å². The summed E-state index contributed by atoms with van der Waals surface area (Å²) < 4.78 is 8.01. The van der Waals surface area contributed by atoms with E-state index in [0.717, 1.165) is 50.0 Å². The molecule has 7 nitrogen and oxygen atoms in total. The van der Waals surface area contributed by atoms with Crippen LogP contribution in [0.4, 0.5) is 0 Å². The fourth-order valence-corrected chi connectivity index (χ4v) is 2.87. The smallest absolute Gasteiger partial charge is 0.191 e. The molecule has 0 saturated carbocycles. The van der Waals surface area contributed by atoms with Crippen LogP contribution in [0.2, 0.25) is 0 Å². The molecule has 0 fully saturated rings. The minimum Gasteiger partial charge on any atom is -0.493 e. The van der Waals surface area contributed by atoms with Crippen LogP contribution in [0.1, 0.15) is 35.9 Å². The lowest BCUT2D eigenvalue weighted by atomic mass is 10.1. The summed E-state index contributed by atoms with van der Waals surface area (Å²) >= 11 is 0. The van der Waals surface area contributed by atoms with E-state index in [4.69, 9.17) is 4.74 Å². The number of aryl methyl sites for hydroxylation is 3. The van der Waals surface area contributed by atoms with E-state index >= 15 is 0 Å². The highest BCUT2D eigenvalue weighted by molar-refractivity contribution is 5.79. The lowest BCUT2D eigenvalue weighted by Crippen LogP contribution is -2.39. The molecule has 2 N–H and O–H groups in total. The molecule has 0 spiro atoms. The average molecular weight is 373 g/mol. The van der Waals surface area contributed by atoms with Gasteiger partial charge in [-0.1, -0.05) is 13.0 Å². The van der Waals surface area contributed by atoms with Gasteiger partial charge in [0, 0.05) is 33.1 Å². The Morgan fingerprint density at radius 3 is 2.70 bits per heavy atom. The summed E-state index contributed by atoms with van der Waals surface area (Å²) in [6.07, 6.45) is 3.55. The Kier molecular flexibility index (Phi) is 8.10. The summed E-state index contributed by atoms with van der Waals surface area (Å²) in [4.78, 5) is 4.26. The fraction of sp³-hybridized carbons (Fsp3) is 0.550. The molecule has 7 heteroatoms. The zero-order valence-electron chi connectivity index (χ0n) is 17.2. The molecule has 2 rings (SSSR count). The minimum atomic E-state index is 0.675. The molecular weight excluding hydrogens is 340 g/mol. The molecule has 0 aliphatic carbocycles. The second-order valence-electron chi connectivity index (χ2n) is 6.63. The highest BCUT2D eigenvalue weighted by Gasteiger charge is 2.05. The molecule has 148 valence electrons. The predicted molar refractivity (Wildman–Crippen MR) is 110 cm³/mol. The normalized spacial score (nSPS) is 11.5. The van der Waals surface area contributed by atoms with E-state index in [2.05, 4.69) is 70.2 Å². The maximum Gasteiger partial charge on any atom is 0.191 e. The minimum absolute atomic E-state index is 0.675. The van der Waals surface area contributed by atoms with Crippen molar-refractivity contribution in [1.82, 2.24) is 25.4 Å². The van der Waals surface area contributed by atoms with E-state index < -0.39 is 0 Å². The molecule has 1 aromatic carbocycles. The van der Waals surface area contributed by atoms with Gasteiger partial charge in [0.2, 0.25) is 0 Å². The van der Waals surface area contributed by atoms with Crippen molar-refractivity contribution in [3.8, 4) is 5.75 Å². The Hall–Kier alpha value is -2.57. The summed E-state index contributed by atoms with van der Waals surface area (Å²) in [6.45, 7) is 11.5. The number of benzene rings is 1. The van der Waals surface area contributed by atoms with Gasteiger partial charge >= 0.3 is 0 Å². The number of hydrogen-bond acceptors (Lipinski definition) is 4. The predicted octanol–water partition coefficient (Wildman–Crippen LogP) is 2.40. The van der Waals surface area contributed by atoms with Gasteiger partial charge in [0.05, 0.1) is 6.61 Å². The Balaban J connectivity index is 1.66. The highest BCUT2D eigenvalue weighted by atomic mass is 16.5. The first-order chi connectivity index (χ1) is 13.0. The summed E-state index contributed by atoms with van der Waals surface area (Å²) in [6, 6.07) is 4.29. The van der Waals surface area contributed by atoms with Crippen LogP contribution in [0.15, 0.2) is 23.5 Å². The number of ether oxygens (including phenoxy) is 1. The number of nitrogens with zero attached hydrogens (tertiary/aromatic N) is 4. The van der Waals surface area contributed by atoms with Gasteiger partial charge in [-0.15, -0.1) is 10.2 Å². The van der Waals surface area contributed by atoms with Crippen molar-refractivity contribution in [2.24, 2.45) is 4.99 Å². The van der Waals surface area contributed by atoms with Crippen LogP contribution in [0.5, 0.6) is 5.75 Å². The first-order valence-corrected chi connectivity index (χ1v) is 9.57. The molecule has 0 bridgehead atoms. The lowest BCUT2D eigenvalue weighted by Gasteiger charge is -2.14. The maximum atomic E-state index is 5.95. The van der Waals surface area contributed by atoms with Crippen LogP contribution < -0.4 is 15.4 Å². The molecule has 0 amide bonds. The number of aliphatic imine (C=N–C) groups is 1. The topological polar surface area (TPSA) is 76.4 Å². The summed E-state index contributed by atoms with van der Waals surface area (Å²) in [7, 11) is 1.78. The first-order valence-electron chi connectivity index (χ1n) is 9.57. The summed E-state index contributed by atoms with van der Waals surface area (Å²) in [5.74, 6) is 2.78. The van der Waals surface area contributed by atoms with E-state index in [1.165, 1.54) is 16.7 Å². The third kappa shape index (κ3) is 6.27. The standard InChI is InChI=1S/C20H32N6O/c1-6-19-25-24-14-26(19)10-9-23-20(21-5)22-8-7-11-27-18-13-15(2)12-16(3)17(18)4/h12-14H,6-11H2,1-5H3,(H2,21,22,23). The number of aromatic nitrogens is 3. The molecule has 0 unspecified atom stereocenters. The lowest BCUT2D eigenvalue weighted by molar-refractivity contribution is 0.308. The molecule has 0 aliphatic rings. The maximum absolute atomic E-state index is 5.95. The quantitative estimate of drug-likeness (QED) is 0.402. The molecule has 0 saturated heterocycles. The van der Waals surface area contributed by atoms with Gasteiger partial charge in [-0.2, -0.15) is 0 Å². The monoisotopic (exact) mass is 372 g/mol. The number of hydrogen-bond donors (Lipinski definition) is 2. The van der Waals surface area contributed by atoms with E-state index in [1.54, 1.807) is 13.4 Å². The van der Waals surface area contributed by atoms with Crippen LogP contribution >= 0.6 is 0 Å². The van der Waals surface area contributed by atoms with Crippen LogP contribution in [-0.2, 0) is 13.0 Å². The first kappa shape index (κ1) is 20.7. The highest BCUT2D eigenvalue weighted by Crippen LogP contribution is 2.23. The van der Waals surface area contributed by atoms with Gasteiger partial charge in [0.25, 0.3) is 0 Å². The third-order valence-corrected chi connectivity index (χ3v) is 4.52. The molecule has 2 aromatic rings. The van der Waals surface area contributed by atoms with Gasteiger partial charge in [0.15, 0.2) is 5.96 Å². The molecular formula is C20H32N6O. The SMILES string of the molecule is CCc1nncn1CCNC(=NC)NCCCOc1cc(C)cc(C)c1C. The number of nitrogens with one attached hydrogen (secondary N) is 2. The van der Waals surface area contributed by atoms with Gasteiger partial charge in [0.1, 0.15) is 17.9 Å². The Labute approximate surface area is 162 Å². The Bertz CT molecular complexity index is 753. The van der Waals surface area contributed by atoms with Gasteiger partial charge in [-0.05, 0) is 49.9 Å². The van der Waals surface area contributed by atoms with Gasteiger partial charge in [-0.3, -0.25) is 4.99 Å².